The number of aliphatic hydroxyl groups is 1. The lowest BCUT2D eigenvalue weighted by atomic mass is 9.95. The molecule has 2 unspecified atom stereocenters. The fraction of sp³-hybridized carbons (Fsp3) is 0.333. The van der Waals surface area contributed by atoms with E-state index in [1.54, 1.807) is 0 Å². The van der Waals surface area contributed by atoms with Crippen LogP contribution in [0.25, 0.3) is 11.1 Å². The Morgan fingerprint density at radius 1 is 0.895 bits per heavy atom. The van der Waals surface area contributed by atoms with Gasteiger partial charge in [-0.05, 0) is 29.0 Å². The highest BCUT2D eigenvalue weighted by Gasteiger charge is 2.11. The van der Waals surface area contributed by atoms with Crippen molar-refractivity contribution in [2.24, 2.45) is 5.92 Å². The lowest BCUT2D eigenvalue weighted by Crippen LogP contribution is -2.03. The van der Waals surface area contributed by atoms with Gasteiger partial charge in [-0.2, -0.15) is 0 Å². The zero-order chi connectivity index (χ0) is 13.7. The second-order valence-corrected chi connectivity index (χ2v) is 5.25. The van der Waals surface area contributed by atoms with Gasteiger partial charge in [0.2, 0.25) is 0 Å². The molecule has 0 heterocycles. The first-order valence-corrected chi connectivity index (χ1v) is 7.04. The molecule has 1 nitrogen and oxygen atoms in total. The minimum Gasteiger partial charge on any atom is -0.388 e. The van der Waals surface area contributed by atoms with Crippen LogP contribution >= 0.6 is 0 Å². The molecule has 2 aromatic rings. The van der Waals surface area contributed by atoms with Crippen molar-refractivity contribution in [3.05, 3.63) is 60.2 Å². The molecule has 0 aliphatic carbocycles. The van der Waals surface area contributed by atoms with Crippen LogP contribution in [0, 0.1) is 5.92 Å². The van der Waals surface area contributed by atoms with Crippen LogP contribution in [0.3, 0.4) is 0 Å². The molecule has 0 fully saturated rings. The molecule has 0 saturated carbocycles. The van der Waals surface area contributed by atoms with Crippen molar-refractivity contribution in [1.82, 2.24) is 0 Å². The minimum atomic E-state index is -0.347. The predicted octanol–water partition coefficient (Wildman–Crippen LogP) is 4.82. The zero-order valence-corrected chi connectivity index (χ0v) is 11.7. The molecular formula is C18H22O. The monoisotopic (exact) mass is 254 g/mol. The third kappa shape index (κ3) is 3.68. The summed E-state index contributed by atoms with van der Waals surface area (Å²) in [5.74, 6) is 0.559. The fourth-order valence-electron chi connectivity index (χ4n) is 2.21. The summed E-state index contributed by atoms with van der Waals surface area (Å²) in [5.41, 5.74) is 3.42. The van der Waals surface area contributed by atoms with Crippen molar-refractivity contribution in [3.8, 4) is 11.1 Å². The van der Waals surface area contributed by atoms with E-state index in [9.17, 15) is 5.11 Å². The van der Waals surface area contributed by atoms with Gasteiger partial charge in [-0.1, -0.05) is 74.9 Å². The SMILES string of the molecule is CCC(C)CC(O)c1ccc(-c2ccccc2)cc1. The van der Waals surface area contributed by atoms with Gasteiger partial charge >= 0.3 is 0 Å². The van der Waals surface area contributed by atoms with Gasteiger partial charge in [0.25, 0.3) is 0 Å². The third-order valence-electron chi connectivity index (χ3n) is 3.73. The maximum absolute atomic E-state index is 10.2. The van der Waals surface area contributed by atoms with Gasteiger partial charge in [0.05, 0.1) is 6.10 Å². The molecule has 0 bridgehead atoms. The van der Waals surface area contributed by atoms with E-state index in [2.05, 4.69) is 38.1 Å². The summed E-state index contributed by atoms with van der Waals surface area (Å²) in [6.45, 7) is 4.34. The summed E-state index contributed by atoms with van der Waals surface area (Å²) < 4.78 is 0. The number of hydrogen-bond donors (Lipinski definition) is 1. The molecular weight excluding hydrogens is 232 g/mol. The van der Waals surface area contributed by atoms with Crippen LogP contribution in [0.5, 0.6) is 0 Å². The molecule has 2 rings (SSSR count). The third-order valence-corrected chi connectivity index (χ3v) is 3.73. The second kappa shape index (κ2) is 6.53. The van der Waals surface area contributed by atoms with Gasteiger partial charge in [-0.3, -0.25) is 0 Å². The van der Waals surface area contributed by atoms with Crippen molar-refractivity contribution < 1.29 is 5.11 Å². The Bertz CT molecular complexity index is 487. The molecule has 0 saturated heterocycles. The van der Waals surface area contributed by atoms with Crippen LogP contribution < -0.4 is 0 Å². The summed E-state index contributed by atoms with van der Waals surface area (Å²) in [6, 6.07) is 18.6. The summed E-state index contributed by atoms with van der Waals surface area (Å²) >= 11 is 0. The lowest BCUT2D eigenvalue weighted by Gasteiger charge is -2.15. The van der Waals surface area contributed by atoms with Gasteiger partial charge < -0.3 is 5.11 Å². The molecule has 1 N–H and O–H groups in total. The normalized spacial score (nSPS) is 14.1. The predicted molar refractivity (Wildman–Crippen MR) is 80.9 cm³/mol. The van der Waals surface area contributed by atoms with Crippen molar-refractivity contribution in [2.45, 2.75) is 32.8 Å². The van der Waals surface area contributed by atoms with Gasteiger partial charge in [0.15, 0.2) is 0 Å². The highest BCUT2D eigenvalue weighted by molar-refractivity contribution is 5.63. The number of rotatable bonds is 5. The van der Waals surface area contributed by atoms with E-state index in [1.165, 1.54) is 11.1 Å². The average molecular weight is 254 g/mol. The van der Waals surface area contributed by atoms with Crippen LogP contribution in [0.2, 0.25) is 0 Å². The standard InChI is InChI=1S/C18H22O/c1-3-14(2)13-18(19)17-11-9-16(10-12-17)15-7-5-4-6-8-15/h4-12,14,18-19H,3,13H2,1-2H3. The van der Waals surface area contributed by atoms with Gasteiger partial charge in [0, 0.05) is 0 Å². The molecule has 2 atom stereocenters. The second-order valence-electron chi connectivity index (χ2n) is 5.25. The maximum atomic E-state index is 10.2. The van der Waals surface area contributed by atoms with E-state index in [0.717, 1.165) is 18.4 Å². The molecule has 1 heteroatoms. The van der Waals surface area contributed by atoms with E-state index < -0.39 is 0 Å². The van der Waals surface area contributed by atoms with Crippen molar-refractivity contribution >= 4 is 0 Å². The maximum Gasteiger partial charge on any atom is 0.0792 e. The molecule has 0 aliphatic rings. The molecule has 19 heavy (non-hydrogen) atoms. The molecule has 0 aliphatic heterocycles. The largest absolute Gasteiger partial charge is 0.388 e. The molecule has 100 valence electrons. The summed E-state index contributed by atoms with van der Waals surface area (Å²) in [4.78, 5) is 0. The van der Waals surface area contributed by atoms with Gasteiger partial charge in [-0.15, -0.1) is 0 Å². The van der Waals surface area contributed by atoms with Gasteiger partial charge in [0.1, 0.15) is 0 Å². The van der Waals surface area contributed by atoms with Crippen molar-refractivity contribution in [3.63, 3.8) is 0 Å². The topological polar surface area (TPSA) is 20.2 Å². The first-order valence-electron chi connectivity index (χ1n) is 7.04. The Kier molecular flexibility index (Phi) is 4.75. The smallest absolute Gasteiger partial charge is 0.0792 e. The van der Waals surface area contributed by atoms with Crippen molar-refractivity contribution in [2.75, 3.05) is 0 Å². The van der Waals surface area contributed by atoms with Crippen molar-refractivity contribution in [1.29, 1.82) is 0 Å². The Hall–Kier alpha value is -1.60. The number of aliphatic hydroxyl groups excluding tert-OH is 1. The highest BCUT2D eigenvalue weighted by atomic mass is 16.3. The first-order chi connectivity index (χ1) is 9.20. The van der Waals surface area contributed by atoms with Crippen LogP contribution in [-0.2, 0) is 0 Å². The molecule has 0 aromatic heterocycles. The van der Waals surface area contributed by atoms with Crippen LogP contribution in [0.15, 0.2) is 54.6 Å². The molecule has 2 aromatic carbocycles. The Balaban J connectivity index is 2.10. The van der Waals surface area contributed by atoms with E-state index >= 15 is 0 Å². The first kappa shape index (κ1) is 13.8. The van der Waals surface area contributed by atoms with E-state index in [4.69, 9.17) is 0 Å². The lowest BCUT2D eigenvalue weighted by molar-refractivity contribution is 0.146. The Labute approximate surface area is 115 Å². The molecule has 0 radical (unpaired) electrons. The molecule has 0 amide bonds. The summed E-state index contributed by atoms with van der Waals surface area (Å²) in [6.07, 6.45) is 1.60. The summed E-state index contributed by atoms with van der Waals surface area (Å²) in [5, 5.41) is 10.2. The fourth-order valence-corrected chi connectivity index (χ4v) is 2.21. The van der Waals surface area contributed by atoms with Crippen LogP contribution in [0.4, 0.5) is 0 Å². The van der Waals surface area contributed by atoms with E-state index in [1.807, 2.05) is 30.3 Å². The van der Waals surface area contributed by atoms with E-state index in [-0.39, 0.29) is 6.10 Å². The average Bonchev–Trinajstić information content (AvgIpc) is 2.48. The quantitative estimate of drug-likeness (QED) is 0.810. The van der Waals surface area contributed by atoms with E-state index in [0.29, 0.717) is 5.92 Å². The number of hydrogen-bond acceptors (Lipinski definition) is 1. The minimum absolute atomic E-state index is 0.347. The Morgan fingerprint density at radius 3 is 2.05 bits per heavy atom. The Morgan fingerprint density at radius 2 is 1.47 bits per heavy atom. The zero-order valence-electron chi connectivity index (χ0n) is 11.7. The summed E-state index contributed by atoms with van der Waals surface area (Å²) in [7, 11) is 0. The molecule has 0 spiro atoms. The van der Waals surface area contributed by atoms with Crippen LogP contribution in [-0.4, -0.2) is 5.11 Å². The highest BCUT2D eigenvalue weighted by Crippen LogP contribution is 2.25. The van der Waals surface area contributed by atoms with Crippen LogP contribution in [0.1, 0.15) is 38.4 Å². The van der Waals surface area contributed by atoms with Gasteiger partial charge in [-0.25, -0.2) is 0 Å². The number of benzene rings is 2.